The summed E-state index contributed by atoms with van der Waals surface area (Å²) >= 11 is 0. The van der Waals surface area contributed by atoms with E-state index in [4.69, 9.17) is 9.47 Å². The number of carbonyl (C=O) groups excluding carboxylic acids is 2. The summed E-state index contributed by atoms with van der Waals surface area (Å²) in [6.45, 7) is 4.07. The molecule has 1 aromatic heterocycles. The van der Waals surface area contributed by atoms with Crippen LogP contribution in [0.1, 0.15) is 16.2 Å². The summed E-state index contributed by atoms with van der Waals surface area (Å²) in [5, 5.41) is 0. The second-order valence-electron chi connectivity index (χ2n) is 6.19. The molecule has 0 bridgehead atoms. The van der Waals surface area contributed by atoms with Gasteiger partial charge >= 0.3 is 5.97 Å². The van der Waals surface area contributed by atoms with Crippen molar-refractivity contribution in [3.8, 4) is 5.75 Å². The third kappa shape index (κ3) is 4.72. The number of piperazine rings is 1. The molecule has 0 atom stereocenters. The number of anilines is 1. The summed E-state index contributed by atoms with van der Waals surface area (Å²) in [6, 6.07) is 7.84. The molecule has 0 radical (unpaired) electrons. The lowest BCUT2D eigenvalue weighted by molar-refractivity contribution is -0.134. The van der Waals surface area contributed by atoms with Crippen LogP contribution in [0.15, 0.2) is 36.7 Å². The van der Waals surface area contributed by atoms with Crippen molar-refractivity contribution in [2.24, 2.45) is 0 Å². The number of esters is 1. The maximum atomic E-state index is 12.3. The number of nitrogens with zero attached hydrogens (tertiary/aromatic N) is 4. The smallest absolute Gasteiger partial charge is 0.359 e. The van der Waals surface area contributed by atoms with Gasteiger partial charge in [0.2, 0.25) is 0 Å². The van der Waals surface area contributed by atoms with E-state index >= 15 is 0 Å². The maximum absolute atomic E-state index is 12.3. The zero-order valence-corrected chi connectivity index (χ0v) is 15.4. The van der Waals surface area contributed by atoms with Gasteiger partial charge in [-0.05, 0) is 31.2 Å². The van der Waals surface area contributed by atoms with Crippen molar-refractivity contribution in [3.05, 3.63) is 48.0 Å². The first-order chi connectivity index (χ1) is 13.1. The molecular weight excluding hydrogens is 348 g/mol. The highest BCUT2D eigenvalue weighted by molar-refractivity contribution is 5.89. The molecule has 0 aliphatic carbocycles. The molecule has 1 amide bonds. The first-order valence-corrected chi connectivity index (χ1v) is 8.69. The minimum absolute atomic E-state index is 0.0951. The molecule has 2 heterocycles. The van der Waals surface area contributed by atoms with Crippen LogP contribution in [0, 0.1) is 6.92 Å². The third-order valence-corrected chi connectivity index (χ3v) is 4.39. The third-order valence-electron chi connectivity index (χ3n) is 4.39. The minimum atomic E-state index is -0.646. The molecule has 142 valence electrons. The Hall–Kier alpha value is -3.16. The highest BCUT2D eigenvalue weighted by atomic mass is 16.5. The second kappa shape index (κ2) is 8.48. The maximum Gasteiger partial charge on any atom is 0.359 e. The van der Waals surface area contributed by atoms with Crippen LogP contribution in [-0.4, -0.2) is 66.6 Å². The fourth-order valence-corrected chi connectivity index (χ4v) is 2.80. The molecule has 1 fully saturated rings. The Bertz CT molecular complexity index is 784. The Labute approximate surface area is 157 Å². The van der Waals surface area contributed by atoms with Gasteiger partial charge in [-0.25, -0.2) is 9.78 Å². The predicted octanol–water partition coefficient (Wildman–Crippen LogP) is 1.30. The van der Waals surface area contributed by atoms with Gasteiger partial charge in [-0.15, -0.1) is 0 Å². The Kier molecular flexibility index (Phi) is 5.85. The van der Waals surface area contributed by atoms with E-state index < -0.39 is 5.97 Å². The highest BCUT2D eigenvalue weighted by Gasteiger charge is 2.22. The molecule has 1 aromatic carbocycles. The molecule has 8 nitrogen and oxygen atoms in total. The average Bonchev–Trinajstić information content (AvgIpc) is 2.72. The number of rotatable bonds is 5. The molecule has 3 rings (SSSR count). The van der Waals surface area contributed by atoms with Gasteiger partial charge in [0, 0.05) is 38.1 Å². The summed E-state index contributed by atoms with van der Waals surface area (Å²) in [5.41, 5.74) is 1.89. The van der Waals surface area contributed by atoms with E-state index in [9.17, 15) is 9.59 Å². The van der Waals surface area contributed by atoms with Crippen molar-refractivity contribution >= 4 is 17.6 Å². The van der Waals surface area contributed by atoms with Gasteiger partial charge in [-0.1, -0.05) is 0 Å². The van der Waals surface area contributed by atoms with Gasteiger partial charge in [0.15, 0.2) is 12.3 Å². The normalized spacial score (nSPS) is 14.0. The number of aromatic nitrogens is 2. The van der Waals surface area contributed by atoms with E-state index in [1.54, 1.807) is 18.9 Å². The Morgan fingerprint density at radius 3 is 2.33 bits per heavy atom. The number of amides is 1. The van der Waals surface area contributed by atoms with Gasteiger partial charge in [0.1, 0.15) is 5.75 Å². The van der Waals surface area contributed by atoms with Crippen LogP contribution >= 0.6 is 0 Å². The molecule has 1 aliphatic rings. The standard InChI is InChI=1S/C19H22N4O4/c1-14-11-21-17(12-20-14)19(25)27-13-18(24)23-9-7-22(8-10-23)15-3-5-16(26-2)6-4-15/h3-6,11-12H,7-10,13H2,1-2H3. The lowest BCUT2D eigenvalue weighted by Gasteiger charge is -2.36. The molecule has 1 saturated heterocycles. The van der Waals surface area contributed by atoms with Gasteiger partial charge < -0.3 is 19.3 Å². The molecule has 0 N–H and O–H groups in total. The summed E-state index contributed by atoms with van der Waals surface area (Å²) in [7, 11) is 1.64. The SMILES string of the molecule is COc1ccc(N2CCN(C(=O)COC(=O)c3cnc(C)cn3)CC2)cc1. The van der Waals surface area contributed by atoms with Crippen LogP contribution in [-0.2, 0) is 9.53 Å². The lowest BCUT2D eigenvalue weighted by Crippen LogP contribution is -2.49. The summed E-state index contributed by atoms with van der Waals surface area (Å²) in [5.74, 6) is -0.0434. The largest absolute Gasteiger partial charge is 0.497 e. The number of hydrogen-bond acceptors (Lipinski definition) is 7. The van der Waals surface area contributed by atoms with Crippen LogP contribution in [0.2, 0.25) is 0 Å². The molecule has 0 unspecified atom stereocenters. The number of benzene rings is 1. The van der Waals surface area contributed by atoms with Crippen molar-refractivity contribution < 1.29 is 19.1 Å². The van der Waals surface area contributed by atoms with E-state index in [1.807, 2.05) is 24.3 Å². The van der Waals surface area contributed by atoms with Crippen LogP contribution in [0.3, 0.4) is 0 Å². The molecule has 2 aromatic rings. The van der Waals surface area contributed by atoms with Crippen LogP contribution in [0.4, 0.5) is 5.69 Å². The Balaban J connectivity index is 1.46. The first-order valence-electron chi connectivity index (χ1n) is 8.69. The topological polar surface area (TPSA) is 84.9 Å². The minimum Gasteiger partial charge on any atom is -0.497 e. The summed E-state index contributed by atoms with van der Waals surface area (Å²) in [4.78, 5) is 36.1. The van der Waals surface area contributed by atoms with Gasteiger partial charge in [-0.2, -0.15) is 0 Å². The summed E-state index contributed by atoms with van der Waals surface area (Å²) < 4.78 is 10.2. The fraction of sp³-hybridized carbons (Fsp3) is 0.368. The Morgan fingerprint density at radius 1 is 1.04 bits per heavy atom. The molecule has 27 heavy (non-hydrogen) atoms. The predicted molar refractivity (Wildman–Crippen MR) is 98.8 cm³/mol. The highest BCUT2D eigenvalue weighted by Crippen LogP contribution is 2.20. The molecule has 0 spiro atoms. The molecular formula is C19H22N4O4. The molecule has 0 saturated carbocycles. The van der Waals surface area contributed by atoms with Gasteiger partial charge in [0.25, 0.3) is 5.91 Å². The second-order valence-corrected chi connectivity index (χ2v) is 6.19. The van der Waals surface area contributed by atoms with E-state index in [1.165, 1.54) is 12.4 Å². The lowest BCUT2D eigenvalue weighted by atomic mass is 10.2. The zero-order chi connectivity index (χ0) is 19.2. The first kappa shape index (κ1) is 18.6. The van der Waals surface area contributed by atoms with Crippen molar-refractivity contribution in [1.82, 2.24) is 14.9 Å². The van der Waals surface area contributed by atoms with Crippen molar-refractivity contribution in [2.75, 3.05) is 44.8 Å². The zero-order valence-electron chi connectivity index (χ0n) is 15.4. The van der Waals surface area contributed by atoms with E-state index in [2.05, 4.69) is 14.9 Å². The summed E-state index contributed by atoms with van der Waals surface area (Å²) in [6.07, 6.45) is 2.83. The fourth-order valence-electron chi connectivity index (χ4n) is 2.80. The quantitative estimate of drug-likeness (QED) is 0.734. The van der Waals surface area contributed by atoms with Crippen LogP contribution < -0.4 is 9.64 Å². The van der Waals surface area contributed by atoms with E-state index in [0.29, 0.717) is 18.8 Å². The van der Waals surface area contributed by atoms with Crippen LogP contribution in [0.5, 0.6) is 5.75 Å². The monoisotopic (exact) mass is 370 g/mol. The average molecular weight is 370 g/mol. The number of aryl methyl sites for hydroxylation is 1. The van der Waals surface area contributed by atoms with E-state index in [-0.39, 0.29) is 18.2 Å². The molecule has 1 aliphatic heterocycles. The number of carbonyl (C=O) groups is 2. The number of ether oxygens (including phenoxy) is 2. The number of methoxy groups -OCH3 is 1. The number of hydrogen-bond donors (Lipinski definition) is 0. The van der Waals surface area contributed by atoms with Crippen LogP contribution in [0.25, 0.3) is 0 Å². The van der Waals surface area contributed by atoms with Crippen molar-refractivity contribution in [3.63, 3.8) is 0 Å². The van der Waals surface area contributed by atoms with Crippen molar-refractivity contribution in [2.45, 2.75) is 6.92 Å². The van der Waals surface area contributed by atoms with Gasteiger partial charge in [0.05, 0.1) is 19.0 Å². The van der Waals surface area contributed by atoms with Crippen molar-refractivity contribution in [1.29, 1.82) is 0 Å². The van der Waals surface area contributed by atoms with E-state index in [0.717, 1.165) is 24.5 Å². The molecule has 8 heteroatoms. The van der Waals surface area contributed by atoms with Gasteiger partial charge in [-0.3, -0.25) is 9.78 Å². The Morgan fingerprint density at radius 2 is 1.74 bits per heavy atom.